The van der Waals surface area contributed by atoms with Crippen molar-refractivity contribution in [2.45, 2.75) is 25.9 Å². The van der Waals surface area contributed by atoms with E-state index >= 15 is 0 Å². The van der Waals surface area contributed by atoms with E-state index in [9.17, 15) is 9.90 Å². The number of carbonyl (C=O) groups is 1. The van der Waals surface area contributed by atoms with E-state index in [0.717, 1.165) is 28.4 Å². The lowest BCUT2D eigenvalue weighted by molar-refractivity contribution is 0.0420. The van der Waals surface area contributed by atoms with Gasteiger partial charge in [-0.05, 0) is 37.1 Å². The van der Waals surface area contributed by atoms with Crippen molar-refractivity contribution < 1.29 is 9.90 Å². The number of hydrogen-bond acceptors (Lipinski definition) is 5. The van der Waals surface area contributed by atoms with Gasteiger partial charge in [0.1, 0.15) is 9.88 Å². The van der Waals surface area contributed by atoms with Crippen LogP contribution in [0.2, 0.25) is 0 Å². The molecule has 0 saturated heterocycles. The average molecular weight is 308 g/mol. The highest BCUT2D eigenvalue weighted by Crippen LogP contribution is 2.31. The maximum absolute atomic E-state index is 12.2. The molecule has 0 radical (unpaired) electrons. The Labute approximate surface area is 125 Å². The summed E-state index contributed by atoms with van der Waals surface area (Å²) >= 11 is 3.07. The van der Waals surface area contributed by atoms with Crippen molar-refractivity contribution in [3.05, 3.63) is 28.1 Å². The molecule has 0 spiro atoms. The van der Waals surface area contributed by atoms with Crippen molar-refractivity contribution in [2.75, 3.05) is 6.54 Å². The first kappa shape index (κ1) is 13.7. The van der Waals surface area contributed by atoms with Crippen LogP contribution in [0.1, 0.15) is 28.2 Å². The smallest absolute Gasteiger partial charge is 0.263 e. The van der Waals surface area contributed by atoms with Crippen molar-refractivity contribution in [1.29, 1.82) is 0 Å². The van der Waals surface area contributed by atoms with Gasteiger partial charge in [-0.25, -0.2) is 4.98 Å². The number of nitrogens with zero attached hydrogens (tertiary/aromatic N) is 1. The highest BCUT2D eigenvalue weighted by molar-refractivity contribution is 7.22. The predicted molar refractivity (Wildman–Crippen MR) is 81.2 cm³/mol. The number of hydrogen-bond donors (Lipinski definition) is 2. The fourth-order valence-corrected chi connectivity index (χ4v) is 4.08. The van der Waals surface area contributed by atoms with Crippen LogP contribution in [0.15, 0.2) is 17.5 Å². The molecule has 1 aliphatic carbocycles. The number of aliphatic hydroxyl groups excluding tert-OH is 1. The Kier molecular flexibility index (Phi) is 3.87. The normalized spacial score (nSPS) is 21.5. The summed E-state index contributed by atoms with van der Waals surface area (Å²) in [6, 6.07) is 4.00. The van der Waals surface area contributed by atoms with Gasteiger partial charge in [0.05, 0.1) is 16.7 Å². The topological polar surface area (TPSA) is 62.2 Å². The maximum Gasteiger partial charge on any atom is 0.263 e. The van der Waals surface area contributed by atoms with Crippen molar-refractivity contribution in [2.24, 2.45) is 5.92 Å². The minimum Gasteiger partial charge on any atom is -0.393 e. The number of nitrogens with one attached hydrogen (secondary N) is 1. The number of aromatic nitrogens is 1. The van der Waals surface area contributed by atoms with Gasteiger partial charge >= 0.3 is 0 Å². The molecule has 2 aromatic rings. The molecule has 4 nitrogen and oxygen atoms in total. The minimum absolute atomic E-state index is 0.0517. The third-order valence-corrected chi connectivity index (χ3v) is 5.69. The van der Waals surface area contributed by atoms with E-state index in [-0.39, 0.29) is 12.0 Å². The van der Waals surface area contributed by atoms with Crippen molar-refractivity contribution in [1.82, 2.24) is 10.3 Å². The van der Waals surface area contributed by atoms with Crippen LogP contribution in [-0.2, 0) is 0 Å². The predicted octanol–water partition coefficient (Wildman–Crippen LogP) is 2.68. The summed E-state index contributed by atoms with van der Waals surface area (Å²) in [5.74, 6) is 0.364. The lowest BCUT2D eigenvalue weighted by Crippen LogP contribution is -2.38. The average Bonchev–Trinajstić information content (AvgIpc) is 3.01. The second kappa shape index (κ2) is 5.63. The number of carbonyl (C=O) groups excluding carboxylic acids is 1. The van der Waals surface area contributed by atoms with Gasteiger partial charge < -0.3 is 10.4 Å². The molecule has 3 rings (SSSR count). The number of aryl methyl sites for hydroxylation is 1. The molecule has 0 atom stereocenters. The first-order chi connectivity index (χ1) is 9.63. The molecule has 2 heterocycles. The molecule has 0 aromatic carbocycles. The van der Waals surface area contributed by atoms with Gasteiger partial charge in [0.25, 0.3) is 5.91 Å². The van der Waals surface area contributed by atoms with Gasteiger partial charge in [0.15, 0.2) is 0 Å². The van der Waals surface area contributed by atoms with Gasteiger partial charge in [-0.1, -0.05) is 6.07 Å². The van der Waals surface area contributed by atoms with Crippen LogP contribution in [0.25, 0.3) is 9.88 Å². The molecule has 20 heavy (non-hydrogen) atoms. The van der Waals surface area contributed by atoms with Crippen molar-refractivity contribution in [3.63, 3.8) is 0 Å². The monoisotopic (exact) mass is 308 g/mol. The van der Waals surface area contributed by atoms with Gasteiger partial charge in [-0.2, -0.15) is 0 Å². The van der Waals surface area contributed by atoms with Crippen molar-refractivity contribution >= 4 is 28.6 Å². The molecule has 0 unspecified atom stereocenters. The Morgan fingerprint density at radius 1 is 1.55 bits per heavy atom. The van der Waals surface area contributed by atoms with E-state index in [1.54, 1.807) is 11.3 Å². The number of aliphatic hydroxyl groups is 1. The Morgan fingerprint density at radius 2 is 2.35 bits per heavy atom. The fraction of sp³-hybridized carbons (Fsp3) is 0.429. The van der Waals surface area contributed by atoms with Crippen LogP contribution >= 0.6 is 22.7 Å². The zero-order chi connectivity index (χ0) is 14.1. The summed E-state index contributed by atoms with van der Waals surface area (Å²) in [6.07, 6.45) is 1.41. The third kappa shape index (κ3) is 2.77. The highest BCUT2D eigenvalue weighted by atomic mass is 32.1. The van der Waals surface area contributed by atoms with Gasteiger partial charge in [0.2, 0.25) is 0 Å². The van der Waals surface area contributed by atoms with E-state index in [2.05, 4.69) is 10.3 Å². The molecule has 1 amide bonds. The van der Waals surface area contributed by atoms with E-state index in [0.29, 0.717) is 17.3 Å². The highest BCUT2D eigenvalue weighted by Gasteiger charge is 2.27. The molecular weight excluding hydrogens is 292 g/mol. The first-order valence-corrected chi connectivity index (χ1v) is 8.30. The second-order valence-corrected chi connectivity index (χ2v) is 7.06. The molecule has 1 aliphatic rings. The van der Waals surface area contributed by atoms with E-state index in [1.807, 2.05) is 24.4 Å². The van der Waals surface area contributed by atoms with E-state index < -0.39 is 0 Å². The summed E-state index contributed by atoms with van der Waals surface area (Å²) in [6.45, 7) is 2.51. The van der Waals surface area contributed by atoms with Crippen LogP contribution in [0.4, 0.5) is 0 Å². The second-order valence-electron chi connectivity index (χ2n) is 5.11. The zero-order valence-corrected chi connectivity index (χ0v) is 12.8. The molecule has 106 valence electrons. The van der Waals surface area contributed by atoms with E-state index in [4.69, 9.17) is 0 Å². The Hall–Kier alpha value is -1.24. The zero-order valence-electron chi connectivity index (χ0n) is 11.1. The third-order valence-electron chi connectivity index (χ3n) is 3.50. The Bertz CT molecular complexity index is 601. The molecule has 1 fully saturated rings. The van der Waals surface area contributed by atoms with Gasteiger partial charge in [-0.15, -0.1) is 22.7 Å². The largest absolute Gasteiger partial charge is 0.393 e. The van der Waals surface area contributed by atoms with Gasteiger partial charge in [-0.3, -0.25) is 4.79 Å². The minimum atomic E-state index is -0.174. The van der Waals surface area contributed by atoms with E-state index in [1.165, 1.54) is 11.3 Å². The molecular formula is C14H16N2O2S2. The lowest BCUT2D eigenvalue weighted by atomic mass is 9.82. The van der Waals surface area contributed by atoms with Crippen LogP contribution < -0.4 is 5.32 Å². The molecule has 1 saturated carbocycles. The number of thiazole rings is 1. The molecule has 0 aliphatic heterocycles. The Balaban J connectivity index is 1.65. The van der Waals surface area contributed by atoms with Crippen molar-refractivity contribution in [3.8, 4) is 9.88 Å². The molecule has 2 aromatic heterocycles. The standard InChI is InChI=1S/C14H16N2O2S2/c1-8-12(13(18)15-7-9-5-10(17)6-9)20-14(16-8)11-3-2-4-19-11/h2-4,9-10,17H,5-7H2,1H3,(H,15,18). The van der Waals surface area contributed by atoms with Crippen LogP contribution in [-0.4, -0.2) is 28.6 Å². The van der Waals surface area contributed by atoms with Gasteiger partial charge in [0, 0.05) is 6.54 Å². The maximum atomic E-state index is 12.2. The number of amides is 1. The van der Waals surface area contributed by atoms with Crippen LogP contribution in [0, 0.1) is 12.8 Å². The lowest BCUT2D eigenvalue weighted by Gasteiger charge is -2.31. The molecule has 0 bridgehead atoms. The van der Waals surface area contributed by atoms with Crippen LogP contribution in [0.5, 0.6) is 0 Å². The quantitative estimate of drug-likeness (QED) is 0.913. The fourth-order valence-electron chi connectivity index (χ4n) is 2.30. The summed E-state index contributed by atoms with van der Waals surface area (Å²) in [5, 5.41) is 15.1. The molecule has 6 heteroatoms. The summed E-state index contributed by atoms with van der Waals surface area (Å²) in [4.78, 5) is 18.4. The molecule has 2 N–H and O–H groups in total. The SMILES string of the molecule is Cc1nc(-c2cccs2)sc1C(=O)NCC1CC(O)C1. The number of thiophene rings is 1. The number of rotatable bonds is 4. The van der Waals surface area contributed by atoms with Crippen LogP contribution in [0.3, 0.4) is 0 Å². The summed E-state index contributed by atoms with van der Waals surface area (Å²) in [7, 11) is 0. The Morgan fingerprint density at radius 3 is 3.00 bits per heavy atom. The first-order valence-electron chi connectivity index (χ1n) is 6.61. The summed E-state index contributed by atoms with van der Waals surface area (Å²) in [5.41, 5.74) is 0.782. The summed E-state index contributed by atoms with van der Waals surface area (Å²) < 4.78 is 0.